The van der Waals surface area contributed by atoms with Crippen molar-refractivity contribution in [3.8, 4) is 5.75 Å². The van der Waals surface area contributed by atoms with Crippen molar-refractivity contribution in [3.63, 3.8) is 0 Å². The van der Waals surface area contributed by atoms with Gasteiger partial charge in [-0.2, -0.15) is 13.2 Å². The summed E-state index contributed by atoms with van der Waals surface area (Å²) in [6, 6.07) is -0.0967. The molecule has 0 bridgehead atoms. The number of hydrogen-bond acceptors (Lipinski definition) is 9. The first-order valence-electron chi connectivity index (χ1n) is 9.28. The third-order valence-electron chi connectivity index (χ3n) is 4.18. The van der Waals surface area contributed by atoms with E-state index in [0.29, 0.717) is 0 Å². The third-order valence-corrected chi connectivity index (χ3v) is 5.33. The van der Waals surface area contributed by atoms with Crippen LogP contribution in [0.1, 0.15) is 18.9 Å². The topological polar surface area (TPSA) is 123 Å². The standard InChI is InChI=1S/C17H15F8NO9S/c1-9(4-5-33-26(29)30)34-16(28)32-8-31-15(27)12-7-10-6-11(36(21,22,23,24)25)2-3-13(10)35-14(12)17(18,19)20/h2-3,6-7,9,14H,4-5,8H2,1H3. The molecule has 10 nitrogen and oxygen atoms in total. The van der Waals surface area contributed by atoms with E-state index >= 15 is 0 Å². The highest BCUT2D eigenvalue weighted by Crippen LogP contribution is 3.02. The van der Waals surface area contributed by atoms with Gasteiger partial charge in [0.1, 0.15) is 16.7 Å². The maximum atomic E-state index is 13.4. The summed E-state index contributed by atoms with van der Waals surface area (Å²) in [7, 11) is -10.2. The highest BCUT2D eigenvalue weighted by atomic mass is 32.5. The van der Waals surface area contributed by atoms with Gasteiger partial charge in [-0.3, -0.25) is 0 Å². The van der Waals surface area contributed by atoms with Gasteiger partial charge < -0.3 is 23.8 Å². The molecule has 1 aliphatic rings. The Morgan fingerprint density at radius 2 is 1.81 bits per heavy atom. The minimum absolute atomic E-state index is 0.158. The van der Waals surface area contributed by atoms with E-state index < -0.39 is 81.0 Å². The maximum absolute atomic E-state index is 13.4. The molecule has 0 N–H and O–H groups in total. The van der Waals surface area contributed by atoms with Crippen molar-refractivity contribution in [1.29, 1.82) is 0 Å². The maximum Gasteiger partial charge on any atom is 0.511 e. The molecule has 2 atom stereocenters. The molecule has 0 fully saturated rings. The van der Waals surface area contributed by atoms with Crippen LogP contribution in [-0.4, -0.2) is 49.0 Å². The average Bonchev–Trinajstić information content (AvgIpc) is 2.69. The number of ether oxygens (including phenoxy) is 4. The SMILES string of the molecule is CC(CCO[N+](=O)[O-])OC(=O)OCOC(=O)C1=Cc2cc(S(F)(F)(F)(F)F)ccc2OC1C(F)(F)F. The number of rotatable bonds is 9. The quantitative estimate of drug-likeness (QED) is 0.123. The summed E-state index contributed by atoms with van der Waals surface area (Å²) < 4.78 is 123. The zero-order valence-electron chi connectivity index (χ0n) is 17.6. The van der Waals surface area contributed by atoms with E-state index in [4.69, 9.17) is 0 Å². The van der Waals surface area contributed by atoms with Crippen LogP contribution in [-0.2, 0) is 23.8 Å². The van der Waals surface area contributed by atoms with E-state index in [-0.39, 0.29) is 30.7 Å². The molecule has 1 aromatic carbocycles. The smallest absolute Gasteiger partial charge is 0.475 e. The molecule has 0 saturated carbocycles. The number of esters is 1. The van der Waals surface area contributed by atoms with Crippen molar-refractivity contribution in [2.75, 3.05) is 13.4 Å². The van der Waals surface area contributed by atoms with Gasteiger partial charge >= 0.3 is 28.5 Å². The van der Waals surface area contributed by atoms with Crippen LogP contribution < -0.4 is 4.74 Å². The Balaban J connectivity index is 2.13. The van der Waals surface area contributed by atoms with Crippen LogP contribution in [0.5, 0.6) is 5.75 Å². The highest BCUT2D eigenvalue weighted by Gasteiger charge is 2.65. The molecule has 204 valence electrons. The predicted octanol–water partition coefficient (Wildman–Crippen LogP) is 5.69. The van der Waals surface area contributed by atoms with Gasteiger partial charge in [0.15, 0.2) is 0 Å². The van der Waals surface area contributed by atoms with Gasteiger partial charge in [-0.05, 0) is 31.2 Å². The van der Waals surface area contributed by atoms with Crippen LogP contribution in [0.3, 0.4) is 0 Å². The number of carbonyl (C=O) groups is 2. The summed E-state index contributed by atoms with van der Waals surface area (Å²) in [5, 5.41) is 8.92. The number of nitrogens with zero attached hydrogens (tertiary/aromatic N) is 1. The molecular formula is C17H15F8NO9S. The second kappa shape index (κ2) is 9.17. The van der Waals surface area contributed by atoms with Crippen molar-refractivity contribution < 1.29 is 71.1 Å². The lowest BCUT2D eigenvalue weighted by Crippen LogP contribution is -2.41. The molecule has 1 heterocycles. The Hall–Kier alpha value is -3.51. The van der Waals surface area contributed by atoms with Crippen molar-refractivity contribution in [2.24, 2.45) is 0 Å². The minimum atomic E-state index is -10.2. The Bertz CT molecular complexity index is 1080. The van der Waals surface area contributed by atoms with Gasteiger partial charge in [-0.1, -0.05) is 19.4 Å². The van der Waals surface area contributed by atoms with Crippen LogP contribution in [0.2, 0.25) is 0 Å². The van der Waals surface area contributed by atoms with E-state index in [1.54, 1.807) is 0 Å². The molecular weight excluding hydrogens is 546 g/mol. The van der Waals surface area contributed by atoms with E-state index in [9.17, 15) is 52.3 Å². The number of hydrogen-bond donors (Lipinski definition) is 0. The van der Waals surface area contributed by atoms with Crippen LogP contribution in [0.25, 0.3) is 6.08 Å². The molecule has 1 aliphatic heterocycles. The van der Waals surface area contributed by atoms with E-state index in [2.05, 4.69) is 23.8 Å². The Kier molecular flexibility index (Phi) is 7.32. The predicted molar refractivity (Wildman–Crippen MR) is 102 cm³/mol. The van der Waals surface area contributed by atoms with E-state index in [1.165, 1.54) is 6.92 Å². The monoisotopic (exact) mass is 561 g/mol. The zero-order valence-corrected chi connectivity index (χ0v) is 18.5. The minimum Gasteiger partial charge on any atom is -0.475 e. The van der Waals surface area contributed by atoms with Crippen molar-refractivity contribution in [2.45, 2.75) is 36.6 Å². The molecule has 0 spiro atoms. The van der Waals surface area contributed by atoms with Crippen LogP contribution in [0.15, 0.2) is 28.7 Å². The Morgan fingerprint density at radius 1 is 1.17 bits per heavy atom. The lowest BCUT2D eigenvalue weighted by Gasteiger charge is -2.41. The first kappa shape index (κ1) is 28.7. The van der Waals surface area contributed by atoms with Crippen molar-refractivity contribution >= 4 is 28.4 Å². The van der Waals surface area contributed by atoms with Gasteiger partial charge in [0.2, 0.25) is 12.9 Å². The number of carbonyl (C=O) groups excluding carboxylic acids is 2. The summed E-state index contributed by atoms with van der Waals surface area (Å²) in [5.41, 5.74) is -2.34. The molecule has 0 saturated heterocycles. The number of fused-ring (bicyclic) bond motifs is 1. The number of alkyl halides is 3. The fourth-order valence-corrected chi connectivity index (χ4v) is 3.27. The first-order valence-corrected chi connectivity index (χ1v) is 11.2. The summed E-state index contributed by atoms with van der Waals surface area (Å²) in [4.78, 5) is 35.2. The van der Waals surface area contributed by atoms with E-state index in [1.807, 2.05) is 0 Å². The second-order valence-corrected chi connectivity index (χ2v) is 9.44. The van der Waals surface area contributed by atoms with Crippen LogP contribution in [0.4, 0.5) is 37.4 Å². The molecule has 0 radical (unpaired) electrons. The second-order valence-electron chi connectivity index (χ2n) is 7.03. The van der Waals surface area contributed by atoms with Gasteiger partial charge in [-0.15, -0.1) is 10.1 Å². The van der Waals surface area contributed by atoms with E-state index in [0.717, 1.165) is 0 Å². The van der Waals surface area contributed by atoms with Crippen LogP contribution in [0, 0.1) is 10.1 Å². The molecule has 0 amide bonds. The Labute approximate surface area is 195 Å². The average molecular weight is 561 g/mol. The summed E-state index contributed by atoms with van der Waals surface area (Å²) >= 11 is 0. The normalized spacial score (nSPS) is 18.2. The summed E-state index contributed by atoms with van der Waals surface area (Å²) in [6.45, 7) is -0.502. The van der Waals surface area contributed by atoms with Gasteiger partial charge in [0.05, 0.1) is 12.2 Å². The van der Waals surface area contributed by atoms with Crippen molar-refractivity contribution in [3.05, 3.63) is 39.4 Å². The molecule has 2 rings (SSSR count). The molecule has 0 aliphatic carbocycles. The zero-order chi connectivity index (χ0) is 27.6. The van der Waals surface area contributed by atoms with Crippen LogP contribution >= 0.6 is 10.2 Å². The summed E-state index contributed by atoms with van der Waals surface area (Å²) in [6.07, 6.45) is -10.8. The molecule has 36 heavy (non-hydrogen) atoms. The molecule has 2 unspecified atom stereocenters. The third kappa shape index (κ3) is 8.02. The molecule has 1 aromatic rings. The Morgan fingerprint density at radius 3 is 2.36 bits per heavy atom. The van der Waals surface area contributed by atoms with Gasteiger partial charge in [-0.25, -0.2) is 9.59 Å². The molecule has 19 heteroatoms. The number of halogens is 8. The highest BCUT2D eigenvalue weighted by molar-refractivity contribution is 8.45. The molecule has 0 aromatic heterocycles. The van der Waals surface area contributed by atoms with Gasteiger partial charge in [0.25, 0.3) is 5.09 Å². The number of benzene rings is 1. The van der Waals surface area contributed by atoms with Crippen molar-refractivity contribution in [1.82, 2.24) is 0 Å². The largest absolute Gasteiger partial charge is 0.511 e. The summed E-state index contributed by atoms with van der Waals surface area (Å²) in [5.74, 6) is -2.73. The first-order chi connectivity index (χ1) is 16.2. The lowest BCUT2D eigenvalue weighted by molar-refractivity contribution is -0.758. The fourth-order valence-electron chi connectivity index (χ4n) is 2.59. The van der Waals surface area contributed by atoms with Gasteiger partial charge in [0, 0.05) is 12.0 Å². The fraction of sp³-hybridized carbons (Fsp3) is 0.412. The lowest BCUT2D eigenvalue weighted by atomic mass is 10.0.